The summed E-state index contributed by atoms with van der Waals surface area (Å²) in [5.41, 5.74) is 1.71. The average Bonchev–Trinajstić information content (AvgIpc) is 2.77. The van der Waals surface area contributed by atoms with E-state index in [9.17, 15) is 4.79 Å². The van der Waals surface area contributed by atoms with Gasteiger partial charge in [0.25, 0.3) is 5.91 Å². The zero-order valence-corrected chi connectivity index (χ0v) is 12.2. The maximum atomic E-state index is 12.5. The summed E-state index contributed by atoms with van der Waals surface area (Å²) in [6.45, 7) is 6.02. The molecule has 1 aromatic carbocycles. The van der Waals surface area contributed by atoms with Gasteiger partial charge in [0, 0.05) is 18.7 Å². The summed E-state index contributed by atoms with van der Waals surface area (Å²) in [5.74, 6) is 0.896. The van der Waals surface area contributed by atoms with E-state index in [1.165, 1.54) is 0 Å². The fraction of sp³-hybridized carbons (Fsp3) is 0.467. The molecule has 1 aliphatic heterocycles. The zero-order chi connectivity index (χ0) is 13.4. The van der Waals surface area contributed by atoms with Crippen LogP contribution in [-0.4, -0.2) is 28.9 Å². The van der Waals surface area contributed by atoms with E-state index in [0.29, 0.717) is 0 Å². The number of rotatable bonds is 1. The number of piperidine rings is 1. The summed E-state index contributed by atoms with van der Waals surface area (Å²) >= 11 is 1.67. The van der Waals surface area contributed by atoms with E-state index in [0.717, 1.165) is 52.6 Å². The molecule has 0 spiro atoms. The summed E-state index contributed by atoms with van der Waals surface area (Å²) in [6.07, 6.45) is 2.23. The first-order chi connectivity index (χ1) is 9.13. The van der Waals surface area contributed by atoms with Crippen molar-refractivity contribution >= 4 is 27.5 Å². The Hall–Kier alpha value is -1.42. The predicted octanol–water partition coefficient (Wildman–Crippen LogP) is 3.48. The predicted molar refractivity (Wildman–Crippen MR) is 78.7 cm³/mol. The van der Waals surface area contributed by atoms with E-state index in [4.69, 9.17) is 0 Å². The number of nitrogens with zero attached hydrogens (tertiary/aromatic N) is 2. The van der Waals surface area contributed by atoms with E-state index < -0.39 is 0 Å². The number of amides is 1. The summed E-state index contributed by atoms with van der Waals surface area (Å²) in [6, 6.07) is 5.87. The Morgan fingerprint density at radius 1 is 1.37 bits per heavy atom. The van der Waals surface area contributed by atoms with E-state index in [1.54, 1.807) is 11.3 Å². The van der Waals surface area contributed by atoms with Gasteiger partial charge in [-0.25, -0.2) is 4.98 Å². The van der Waals surface area contributed by atoms with Gasteiger partial charge in [0.2, 0.25) is 0 Å². The van der Waals surface area contributed by atoms with E-state index in [2.05, 4.69) is 11.9 Å². The molecule has 1 amide bonds. The van der Waals surface area contributed by atoms with Crippen molar-refractivity contribution in [2.75, 3.05) is 13.1 Å². The van der Waals surface area contributed by atoms with Crippen molar-refractivity contribution in [3.63, 3.8) is 0 Å². The van der Waals surface area contributed by atoms with Crippen LogP contribution in [0.5, 0.6) is 0 Å². The Morgan fingerprint density at radius 3 is 2.84 bits per heavy atom. The van der Waals surface area contributed by atoms with Crippen molar-refractivity contribution in [1.29, 1.82) is 0 Å². The van der Waals surface area contributed by atoms with Crippen LogP contribution in [-0.2, 0) is 0 Å². The maximum Gasteiger partial charge on any atom is 0.253 e. The van der Waals surface area contributed by atoms with E-state index in [-0.39, 0.29) is 5.91 Å². The lowest BCUT2D eigenvalue weighted by Gasteiger charge is -2.30. The number of hydrogen-bond donors (Lipinski definition) is 0. The lowest BCUT2D eigenvalue weighted by atomic mass is 9.98. The van der Waals surface area contributed by atoms with Gasteiger partial charge < -0.3 is 4.90 Å². The average molecular weight is 274 g/mol. The number of aryl methyl sites for hydroxylation is 1. The zero-order valence-electron chi connectivity index (χ0n) is 11.3. The largest absolute Gasteiger partial charge is 0.339 e. The van der Waals surface area contributed by atoms with Gasteiger partial charge >= 0.3 is 0 Å². The monoisotopic (exact) mass is 274 g/mol. The molecule has 0 saturated carbocycles. The number of fused-ring (bicyclic) bond motifs is 1. The van der Waals surface area contributed by atoms with E-state index >= 15 is 0 Å². The Balaban J connectivity index is 1.84. The highest BCUT2D eigenvalue weighted by molar-refractivity contribution is 7.18. The van der Waals surface area contributed by atoms with Crippen molar-refractivity contribution in [2.45, 2.75) is 26.7 Å². The molecule has 4 heteroatoms. The molecule has 0 radical (unpaired) electrons. The van der Waals surface area contributed by atoms with Crippen LogP contribution in [0.1, 0.15) is 35.1 Å². The van der Waals surface area contributed by atoms with Gasteiger partial charge in [0.1, 0.15) is 0 Å². The highest BCUT2D eigenvalue weighted by atomic mass is 32.1. The molecule has 1 fully saturated rings. The standard InChI is InChI=1S/C15H18N2OS/c1-10-5-7-17(8-6-10)15(18)12-3-4-14-13(9-12)16-11(2)19-14/h3-4,9-10H,5-8H2,1-2H3. The second-order valence-corrected chi connectivity index (χ2v) is 6.62. The molecular weight excluding hydrogens is 256 g/mol. The van der Waals surface area contributed by atoms with Crippen LogP contribution in [0.25, 0.3) is 10.2 Å². The van der Waals surface area contributed by atoms with Crippen LogP contribution >= 0.6 is 11.3 Å². The third-order valence-electron chi connectivity index (χ3n) is 3.81. The minimum absolute atomic E-state index is 0.152. The number of carbonyl (C=O) groups excluding carboxylic acids is 1. The van der Waals surface area contributed by atoms with Crippen LogP contribution in [0.15, 0.2) is 18.2 Å². The topological polar surface area (TPSA) is 33.2 Å². The number of likely N-dealkylation sites (tertiary alicyclic amines) is 1. The van der Waals surface area contributed by atoms with Gasteiger partial charge in [-0.1, -0.05) is 6.92 Å². The Kier molecular flexibility index (Phi) is 3.27. The molecule has 2 heterocycles. The van der Waals surface area contributed by atoms with E-state index in [1.807, 2.05) is 30.0 Å². The number of hydrogen-bond acceptors (Lipinski definition) is 3. The fourth-order valence-corrected chi connectivity index (χ4v) is 3.38. The Labute approximate surface area is 117 Å². The minimum atomic E-state index is 0.152. The summed E-state index contributed by atoms with van der Waals surface area (Å²) in [4.78, 5) is 18.9. The van der Waals surface area contributed by atoms with Crippen molar-refractivity contribution in [1.82, 2.24) is 9.88 Å². The van der Waals surface area contributed by atoms with Crippen molar-refractivity contribution in [3.8, 4) is 0 Å². The molecule has 3 nitrogen and oxygen atoms in total. The molecule has 0 unspecified atom stereocenters. The molecule has 100 valence electrons. The fourth-order valence-electron chi connectivity index (χ4n) is 2.57. The highest BCUT2D eigenvalue weighted by Gasteiger charge is 2.21. The van der Waals surface area contributed by atoms with Gasteiger partial charge in [-0.05, 0) is 43.9 Å². The molecule has 2 aromatic rings. The Bertz CT molecular complexity index is 612. The lowest BCUT2D eigenvalue weighted by molar-refractivity contribution is 0.0697. The van der Waals surface area contributed by atoms with Crippen molar-refractivity contribution in [3.05, 3.63) is 28.8 Å². The number of aromatic nitrogens is 1. The first-order valence-electron chi connectivity index (χ1n) is 6.80. The summed E-state index contributed by atoms with van der Waals surface area (Å²) < 4.78 is 1.15. The molecule has 1 aliphatic rings. The van der Waals surface area contributed by atoms with Crippen LogP contribution < -0.4 is 0 Å². The quantitative estimate of drug-likeness (QED) is 0.797. The number of carbonyl (C=O) groups is 1. The van der Waals surface area contributed by atoms with Gasteiger partial charge in [0.05, 0.1) is 15.2 Å². The SMILES string of the molecule is Cc1nc2cc(C(=O)N3CCC(C)CC3)ccc2s1. The number of thiazole rings is 1. The second-order valence-electron chi connectivity index (χ2n) is 5.39. The first kappa shape index (κ1) is 12.6. The molecule has 0 atom stereocenters. The molecule has 3 rings (SSSR count). The molecule has 1 saturated heterocycles. The molecule has 1 aromatic heterocycles. The highest BCUT2D eigenvalue weighted by Crippen LogP contribution is 2.24. The number of benzene rings is 1. The molecule has 19 heavy (non-hydrogen) atoms. The normalized spacial score (nSPS) is 17.1. The third kappa shape index (κ3) is 2.50. The van der Waals surface area contributed by atoms with Crippen molar-refractivity contribution in [2.24, 2.45) is 5.92 Å². The molecular formula is C15H18N2OS. The summed E-state index contributed by atoms with van der Waals surface area (Å²) in [5, 5.41) is 1.05. The van der Waals surface area contributed by atoms with Crippen LogP contribution in [0.4, 0.5) is 0 Å². The first-order valence-corrected chi connectivity index (χ1v) is 7.61. The summed E-state index contributed by atoms with van der Waals surface area (Å²) in [7, 11) is 0. The van der Waals surface area contributed by atoms with Gasteiger partial charge in [-0.3, -0.25) is 4.79 Å². The molecule has 0 aliphatic carbocycles. The van der Waals surface area contributed by atoms with Gasteiger partial charge in [0.15, 0.2) is 0 Å². The van der Waals surface area contributed by atoms with Crippen LogP contribution in [0.3, 0.4) is 0 Å². The van der Waals surface area contributed by atoms with Crippen molar-refractivity contribution < 1.29 is 4.79 Å². The van der Waals surface area contributed by atoms with Crippen LogP contribution in [0.2, 0.25) is 0 Å². The molecule has 0 N–H and O–H groups in total. The molecule has 0 bridgehead atoms. The smallest absolute Gasteiger partial charge is 0.253 e. The lowest BCUT2D eigenvalue weighted by Crippen LogP contribution is -2.37. The second kappa shape index (κ2) is 4.93. The minimum Gasteiger partial charge on any atom is -0.339 e. The Morgan fingerprint density at radius 2 is 2.11 bits per heavy atom. The van der Waals surface area contributed by atoms with Gasteiger partial charge in [-0.2, -0.15) is 0 Å². The third-order valence-corrected chi connectivity index (χ3v) is 4.76. The maximum absolute atomic E-state index is 12.5. The van der Waals surface area contributed by atoms with Crippen LogP contribution in [0, 0.1) is 12.8 Å². The van der Waals surface area contributed by atoms with Gasteiger partial charge in [-0.15, -0.1) is 11.3 Å².